The maximum atomic E-state index is 11.5. The van der Waals surface area contributed by atoms with Crippen LogP contribution in [0, 0.1) is 0 Å². The third-order valence-corrected chi connectivity index (χ3v) is 2.60. The number of anilines is 1. The average Bonchev–Trinajstić information content (AvgIpc) is 2.43. The van der Waals surface area contributed by atoms with Crippen LogP contribution in [0.3, 0.4) is 0 Å². The molecule has 1 heterocycles. The van der Waals surface area contributed by atoms with Crippen LogP contribution in [0.2, 0.25) is 5.02 Å². The molecule has 2 amide bonds. The normalized spacial score (nSPS) is 18.5. The van der Waals surface area contributed by atoms with Crippen LogP contribution >= 0.6 is 11.6 Å². The van der Waals surface area contributed by atoms with Gasteiger partial charge in [0.15, 0.2) is 0 Å². The highest BCUT2D eigenvalue weighted by Crippen LogP contribution is 2.36. The summed E-state index contributed by atoms with van der Waals surface area (Å²) in [5.74, 6) is -1.20. The Kier molecular flexibility index (Phi) is 2.36. The zero-order valence-corrected chi connectivity index (χ0v) is 8.54. The Morgan fingerprint density at radius 2 is 2.27 bits per heavy atom. The molecule has 4 nitrogen and oxygen atoms in total. The van der Waals surface area contributed by atoms with E-state index in [2.05, 4.69) is 5.32 Å². The average molecular weight is 225 g/mol. The molecule has 0 spiro atoms. The van der Waals surface area contributed by atoms with Crippen molar-refractivity contribution in [1.82, 2.24) is 0 Å². The minimum absolute atomic E-state index is 0.0131. The standard InChI is InChI=1S/C10H9ClN2O2/c11-5-1-2-8-6(3-5)7(4-9(12)14)10(15)13-8/h1-3,7H,4H2,(H2,12,14)(H,13,15). The van der Waals surface area contributed by atoms with Gasteiger partial charge in [-0.1, -0.05) is 11.6 Å². The van der Waals surface area contributed by atoms with E-state index in [1.54, 1.807) is 18.2 Å². The fourth-order valence-corrected chi connectivity index (χ4v) is 1.88. The number of fused-ring (bicyclic) bond motifs is 1. The first-order chi connectivity index (χ1) is 7.08. The Bertz CT molecular complexity index is 445. The van der Waals surface area contributed by atoms with Crippen LogP contribution in [-0.4, -0.2) is 11.8 Å². The van der Waals surface area contributed by atoms with Gasteiger partial charge in [0.2, 0.25) is 11.8 Å². The molecule has 1 aliphatic rings. The second-order valence-electron chi connectivity index (χ2n) is 3.44. The number of amides is 2. The van der Waals surface area contributed by atoms with Crippen LogP contribution in [0.5, 0.6) is 0 Å². The summed E-state index contributed by atoms with van der Waals surface area (Å²) in [6.07, 6.45) is 0.0131. The molecule has 15 heavy (non-hydrogen) atoms. The van der Waals surface area contributed by atoms with Crippen molar-refractivity contribution in [2.45, 2.75) is 12.3 Å². The van der Waals surface area contributed by atoms with Crippen LogP contribution < -0.4 is 11.1 Å². The minimum Gasteiger partial charge on any atom is -0.370 e. The highest BCUT2D eigenvalue weighted by molar-refractivity contribution is 6.31. The summed E-state index contributed by atoms with van der Waals surface area (Å²) < 4.78 is 0. The Balaban J connectivity index is 2.39. The largest absolute Gasteiger partial charge is 0.370 e. The second kappa shape index (κ2) is 3.55. The monoisotopic (exact) mass is 224 g/mol. The number of carbonyl (C=O) groups is 2. The van der Waals surface area contributed by atoms with E-state index >= 15 is 0 Å². The Labute approximate surface area is 91.4 Å². The summed E-state index contributed by atoms with van der Waals surface area (Å²) in [5, 5.41) is 3.22. The molecule has 1 aliphatic heterocycles. The molecule has 2 rings (SSSR count). The third-order valence-electron chi connectivity index (χ3n) is 2.37. The molecule has 1 aromatic carbocycles. The van der Waals surface area contributed by atoms with Gasteiger partial charge >= 0.3 is 0 Å². The van der Waals surface area contributed by atoms with E-state index in [-0.39, 0.29) is 12.3 Å². The van der Waals surface area contributed by atoms with E-state index < -0.39 is 11.8 Å². The summed E-state index contributed by atoms with van der Waals surface area (Å²) in [7, 11) is 0. The number of carbonyl (C=O) groups excluding carboxylic acids is 2. The summed E-state index contributed by atoms with van der Waals surface area (Å²) in [5.41, 5.74) is 6.52. The summed E-state index contributed by atoms with van der Waals surface area (Å²) in [6.45, 7) is 0. The zero-order valence-electron chi connectivity index (χ0n) is 7.79. The van der Waals surface area contributed by atoms with Crippen LogP contribution in [0.1, 0.15) is 17.9 Å². The van der Waals surface area contributed by atoms with Gasteiger partial charge in [0.1, 0.15) is 0 Å². The number of hydrogen-bond acceptors (Lipinski definition) is 2. The molecule has 0 bridgehead atoms. The molecule has 0 radical (unpaired) electrons. The maximum Gasteiger partial charge on any atom is 0.232 e. The van der Waals surface area contributed by atoms with Gasteiger partial charge in [-0.25, -0.2) is 0 Å². The van der Waals surface area contributed by atoms with Gasteiger partial charge in [0.05, 0.1) is 5.92 Å². The first kappa shape index (κ1) is 9.98. The van der Waals surface area contributed by atoms with Gasteiger partial charge in [0.25, 0.3) is 0 Å². The van der Waals surface area contributed by atoms with Crippen molar-refractivity contribution in [3.05, 3.63) is 28.8 Å². The van der Waals surface area contributed by atoms with Crippen molar-refractivity contribution in [3.63, 3.8) is 0 Å². The number of halogens is 1. The molecule has 3 N–H and O–H groups in total. The van der Waals surface area contributed by atoms with Crippen molar-refractivity contribution < 1.29 is 9.59 Å². The predicted molar refractivity (Wildman–Crippen MR) is 56.6 cm³/mol. The number of nitrogens with two attached hydrogens (primary N) is 1. The van der Waals surface area contributed by atoms with Gasteiger partial charge in [-0.3, -0.25) is 9.59 Å². The molecule has 0 saturated heterocycles. The molecular weight excluding hydrogens is 216 g/mol. The van der Waals surface area contributed by atoms with Gasteiger partial charge in [-0.2, -0.15) is 0 Å². The summed E-state index contributed by atoms with van der Waals surface area (Å²) in [6, 6.07) is 5.09. The SMILES string of the molecule is NC(=O)CC1C(=O)Nc2ccc(Cl)cc21. The number of primary amides is 1. The molecule has 0 aromatic heterocycles. The van der Waals surface area contributed by atoms with Crippen molar-refractivity contribution in [3.8, 4) is 0 Å². The number of benzene rings is 1. The lowest BCUT2D eigenvalue weighted by Crippen LogP contribution is -2.20. The van der Waals surface area contributed by atoms with E-state index in [0.717, 1.165) is 5.56 Å². The molecular formula is C10H9ClN2O2. The quantitative estimate of drug-likeness (QED) is 0.794. The number of nitrogens with one attached hydrogen (secondary N) is 1. The van der Waals surface area contributed by atoms with Gasteiger partial charge in [-0.05, 0) is 23.8 Å². The number of hydrogen-bond donors (Lipinski definition) is 2. The lowest BCUT2D eigenvalue weighted by Gasteiger charge is -2.05. The minimum atomic E-state index is -0.504. The smallest absolute Gasteiger partial charge is 0.232 e. The van der Waals surface area contributed by atoms with Crippen molar-refractivity contribution >= 4 is 29.1 Å². The molecule has 78 valence electrons. The lowest BCUT2D eigenvalue weighted by atomic mass is 9.97. The maximum absolute atomic E-state index is 11.5. The highest BCUT2D eigenvalue weighted by Gasteiger charge is 2.31. The second-order valence-corrected chi connectivity index (χ2v) is 3.88. The topological polar surface area (TPSA) is 72.2 Å². The molecule has 5 heteroatoms. The first-order valence-corrected chi connectivity index (χ1v) is 4.84. The Morgan fingerprint density at radius 3 is 2.93 bits per heavy atom. The van der Waals surface area contributed by atoms with Gasteiger partial charge < -0.3 is 11.1 Å². The van der Waals surface area contributed by atoms with Crippen LogP contribution in [-0.2, 0) is 9.59 Å². The zero-order chi connectivity index (χ0) is 11.0. The Morgan fingerprint density at radius 1 is 1.53 bits per heavy atom. The van der Waals surface area contributed by atoms with Crippen LogP contribution in [0.4, 0.5) is 5.69 Å². The van der Waals surface area contributed by atoms with E-state index in [1.807, 2.05) is 0 Å². The molecule has 0 aliphatic carbocycles. The number of rotatable bonds is 2. The molecule has 1 aromatic rings. The van der Waals surface area contributed by atoms with Gasteiger partial charge in [-0.15, -0.1) is 0 Å². The lowest BCUT2D eigenvalue weighted by molar-refractivity contribution is -0.123. The first-order valence-electron chi connectivity index (χ1n) is 4.46. The molecule has 1 unspecified atom stereocenters. The van der Waals surface area contributed by atoms with Crippen molar-refractivity contribution in [2.75, 3.05) is 5.32 Å². The van der Waals surface area contributed by atoms with E-state index in [9.17, 15) is 9.59 Å². The van der Waals surface area contributed by atoms with E-state index in [1.165, 1.54) is 0 Å². The Hall–Kier alpha value is -1.55. The highest BCUT2D eigenvalue weighted by atomic mass is 35.5. The molecule has 0 saturated carbocycles. The fourth-order valence-electron chi connectivity index (χ4n) is 1.70. The third kappa shape index (κ3) is 1.80. The van der Waals surface area contributed by atoms with Crippen molar-refractivity contribution in [2.24, 2.45) is 5.73 Å². The van der Waals surface area contributed by atoms with Crippen molar-refractivity contribution in [1.29, 1.82) is 0 Å². The molecule has 1 atom stereocenters. The summed E-state index contributed by atoms with van der Waals surface area (Å²) in [4.78, 5) is 22.3. The van der Waals surface area contributed by atoms with Crippen LogP contribution in [0.25, 0.3) is 0 Å². The fraction of sp³-hybridized carbons (Fsp3) is 0.200. The summed E-state index contributed by atoms with van der Waals surface area (Å²) >= 11 is 5.82. The van der Waals surface area contributed by atoms with Crippen LogP contribution in [0.15, 0.2) is 18.2 Å². The van der Waals surface area contributed by atoms with Gasteiger partial charge in [0, 0.05) is 17.1 Å². The molecule has 0 fully saturated rings. The van der Waals surface area contributed by atoms with E-state index in [4.69, 9.17) is 17.3 Å². The van der Waals surface area contributed by atoms with E-state index in [0.29, 0.717) is 10.7 Å². The predicted octanol–water partition coefficient (Wildman–Crippen LogP) is 1.25.